The van der Waals surface area contributed by atoms with Crippen LogP contribution in [-0.2, 0) is 0 Å². The standard InChI is InChI=1S/C14H30N4/c1-5-18(6-2)14(15)16-9-13-7-8-17(11-13)10-12(3)4/h12-13H,5-11H2,1-4H3,(H2,15,16). The Morgan fingerprint density at radius 2 is 2.06 bits per heavy atom. The first-order valence-corrected chi connectivity index (χ1v) is 7.34. The molecule has 0 aromatic heterocycles. The molecule has 4 heteroatoms. The van der Waals surface area contributed by atoms with E-state index in [-0.39, 0.29) is 0 Å². The Labute approximate surface area is 112 Å². The Kier molecular flexibility index (Phi) is 6.47. The van der Waals surface area contributed by atoms with Crippen LogP contribution < -0.4 is 5.73 Å². The average Bonchev–Trinajstić information content (AvgIpc) is 2.75. The first-order valence-electron chi connectivity index (χ1n) is 7.34. The van der Waals surface area contributed by atoms with E-state index in [1.165, 1.54) is 26.1 Å². The SMILES string of the molecule is CCN(CC)C(N)=NCC1CCN(CC(C)C)C1. The molecule has 1 saturated heterocycles. The summed E-state index contributed by atoms with van der Waals surface area (Å²) in [6.07, 6.45) is 1.27. The van der Waals surface area contributed by atoms with Crippen LogP contribution in [0, 0.1) is 11.8 Å². The maximum Gasteiger partial charge on any atom is 0.191 e. The van der Waals surface area contributed by atoms with Crippen LogP contribution in [0.3, 0.4) is 0 Å². The molecule has 106 valence electrons. The van der Waals surface area contributed by atoms with Crippen LogP contribution in [0.2, 0.25) is 0 Å². The highest BCUT2D eigenvalue weighted by Crippen LogP contribution is 2.17. The zero-order chi connectivity index (χ0) is 13.5. The van der Waals surface area contributed by atoms with Gasteiger partial charge in [-0.15, -0.1) is 0 Å². The molecule has 0 radical (unpaired) electrons. The van der Waals surface area contributed by atoms with E-state index in [2.05, 4.69) is 42.5 Å². The first kappa shape index (κ1) is 15.3. The Morgan fingerprint density at radius 3 is 2.61 bits per heavy atom. The van der Waals surface area contributed by atoms with Crippen LogP contribution in [0.15, 0.2) is 4.99 Å². The number of aliphatic imine (C=N–C) groups is 1. The molecule has 4 nitrogen and oxygen atoms in total. The summed E-state index contributed by atoms with van der Waals surface area (Å²) in [7, 11) is 0. The van der Waals surface area contributed by atoms with Gasteiger partial charge in [0.05, 0.1) is 0 Å². The Hall–Kier alpha value is -0.770. The van der Waals surface area contributed by atoms with Gasteiger partial charge >= 0.3 is 0 Å². The van der Waals surface area contributed by atoms with Crippen molar-refractivity contribution in [3.8, 4) is 0 Å². The quantitative estimate of drug-likeness (QED) is 0.579. The summed E-state index contributed by atoms with van der Waals surface area (Å²) in [5.74, 6) is 2.16. The van der Waals surface area contributed by atoms with E-state index in [9.17, 15) is 0 Å². The summed E-state index contributed by atoms with van der Waals surface area (Å²) in [5.41, 5.74) is 5.99. The fraction of sp³-hybridized carbons (Fsp3) is 0.929. The van der Waals surface area contributed by atoms with Crippen molar-refractivity contribution in [2.45, 2.75) is 34.1 Å². The van der Waals surface area contributed by atoms with Crippen LogP contribution in [0.4, 0.5) is 0 Å². The summed E-state index contributed by atoms with van der Waals surface area (Å²) in [4.78, 5) is 9.22. The van der Waals surface area contributed by atoms with Gasteiger partial charge in [-0.05, 0) is 38.6 Å². The summed E-state index contributed by atoms with van der Waals surface area (Å²) in [6.45, 7) is 15.2. The lowest BCUT2D eigenvalue weighted by Gasteiger charge is -2.20. The second-order valence-electron chi connectivity index (χ2n) is 5.68. The lowest BCUT2D eigenvalue weighted by molar-refractivity contribution is 0.288. The fourth-order valence-electron chi connectivity index (χ4n) is 2.61. The van der Waals surface area contributed by atoms with E-state index in [0.717, 1.165) is 25.6 Å². The van der Waals surface area contributed by atoms with Gasteiger partial charge in [0, 0.05) is 32.7 Å². The summed E-state index contributed by atoms with van der Waals surface area (Å²) >= 11 is 0. The molecule has 1 atom stereocenters. The zero-order valence-corrected chi connectivity index (χ0v) is 12.5. The molecular weight excluding hydrogens is 224 g/mol. The molecule has 1 unspecified atom stereocenters. The smallest absolute Gasteiger partial charge is 0.191 e. The molecule has 0 bridgehead atoms. The van der Waals surface area contributed by atoms with Gasteiger partial charge in [-0.3, -0.25) is 4.99 Å². The van der Waals surface area contributed by atoms with Gasteiger partial charge in [0.1, 0.15) is 0 Å². The van der Waals surface area contributed by atoms with E-state index >= 15 is 0 Å². The summed E-state index contributed by atoms with van der Waals surface area (Å²) < 4.78 is 0. The molecule has 0 spiro atoms. The molecule has 0 amide bonds. The van der Waals surface area contributed by atoms with E-state index < -0.39 is 0 Å². The van der Waals surface area contributed by atoms with Gasteiger partial charge in [0.2, 0.25) is 0 Å². The van der Waals surface area contributed by atoms with Gasteiger partial charge in [-0.2, -0.15) is 0 Å². The largest absolute Gasteiger partial charge is 0.370 e. The zero-order valence-electron chi connectivity index (χ0n) is 12.5. The number of hydrogen-bond acceptors (Lipinski definition) is 2. The molecule has 18 heavy (non-hydrogen) atoms. The summed E-state index contributed by atoms with van der Waals surface area (Å²) in [6, 6.07) is 0. The number of nitrogens with zero attached hydrogens (tertiary/aromatic N) is 3. The molecule has 1 aliphatic heterocycles. The number of guanidine groups is 1. The van der Waals surface area contributed by atoms with Gasteiger partial charge in [0.15, 0.2) is 5.96 Å². The molecule has 1 aliphatic rings. The highest BCUT2D eigenvalue weighted by Gasteiger charge is 2.22. The van der Waals surface area contributed by atoms with Crippen molar-refractivity contribution in [3.63, 3.8) is 0 Å². The first-order chi connectivity index (χ1) is 8.56. The predicted molar refractivity (Wildman–Crippen MR) is 78.8 cm³/mol. The van der Waals surface area contributed by atoms with E-state index in [1.807, 2.05) is 0 Å². The number of likely N-dealkylation sites (tertiary alicyclic amines) is 1. The number of hydrogen-bond donors (Lipinski definition) is 1. The normalized spacial score (nSPS) is 21.8. The minimum absolute atomic E-state index is 0.692. The molecule has 0 aromatic carbocycles. The second kappa shape index (κ2) is 7.62. The molecule has 2 N–H and O–H groups in total. The van der Waals surface area contributed by atoms with Crippen LogP contribution in [-0.4, -0.2) is 55.0 Å². The Bertz CT molecular complexity index is 259. The van der Waals surface area contributed by atoms with Crippen molar-refractivity contribution in [2.75, 3.05) is 39.3 Å². The highest BCUT2D eigenvalue weighted by atomic mass is 15.2. The highest BCUT2D eigenvalue weighted by molar-refractivity contribution is 5.77. The molecule has 1 heterocycles. The maximum absolute atomic E-state index is 5.99. The van der Waals surface area contributed by atoms with Gasteiger partial charge < -0.3 is 15.5 Å². The third kappa shape index (κ3) is 4.84. The maximum atomic E-state index is 5.99. The van der Waals surface area contributed by atoms with Crippen molar-refractivity contribution >= 4 is 5.96 Å². The van der Waals surface area contributed by atoms with Gasteiger partial charge in [0.25, 0.3) is 0 Å². The molecule has 0 aromatic rings. The third-order valence-electron chi connectivity index (χ3n) is 3.59. The summed E-state index contributed by atoms with van der Waals surface area (Å²) in [5, 5.41) is 0. The lowest BCUT2D eigenvalue weighted by Crippen LogP contribution is -2.37. The molecule has 1 fully saturated rings. The second-order valence-corrected chi connectivity index (χ2v) is 5.68. The van der Waals surface area contributed by atoms with E-state index in [4.69, 9.17) is 5.73 Å². The van der Waals surface area contributed by atoms with Crippen molar-refractivity contribution in [1.29, 1.82) is 0 Å². The molecule has 1 rings (SSSR count). The van der Waals surface area contributed by atoms with Gasteiger partial charge in [-0.25, -0.2) is 0 Å². The fourth-order valence-corrected chi connectivity index (χ4v) is 2.61. The Morgan fingerprint density at radius 1 is 1.39 bits per heavy atom. The predicted octanol–water partition coefficient (Wildman–Crippen LogP) is 1.62. The van der Waals surface area contributed by atoms with Crippen molar-refractivity contribution in [3.05, 3.63) is 0 Å². The van der Waals surface area contributed by atoms with Crippen LogP contribution in [0.5, 0.6) is 0 Å². The van der Waals surface area contributed by atoms with Crippen LogP contribution in [0.1, 0.15) is 34.1 Å². The number of rotatable bonds is 6. The number of nitrogens with two attached hydrogens (primary N) is 1. The van der Waals surface area contributed by atoms with E-state index in [1.54, 1.807) is 0 Å². The minimum atomic E-state index is 0.692. The van der Waals surface area contributed by atoms with E-state index in [0.29, 0.717) is 11.9 Å². The van der Waals surface area contributed by atoms with Crippen molar-refractivity contribution in [2.24, 2.45) is 22.6 Å². The topological polar surface area (TPSA) is 44.9 Å². The lowest BCUT2D eigenvalue weighted by atomic mass is 10.1. The Balaban J connectivity index is 2.34. The van der Waals surface area contributed by atoms with Crippen molar-refractivity contribution < 1.29 is 0 Å². The minimum Gasteiger partial charge on any atom is -0.370 e. The van der Waals surface area contributed by atoms with Crippen LogP contribution in [0.25, 0.3) is 0 Å². The molecular formula is C14H30N4. The monoisotopic (exact) mass is 254 g/mol. The molecule has 0 aliphatic carbocycles. The van der Waals surface area contributed by atoms with Gasteiger partial charge in [-0.1, -0.05) is 13.8 Å². The van der Waals surface area contributed by atoms with Crippen molar-refractivity contribution in [1.82, 2.24) is 9.80 Å². The van der Waals surface area contributed by atoms with Crippen LogP contribution >= 0.6 is 0 Å². The molecule has 0 saturated carbocycles. The third-order valence-corrected chi connectivity index (χ3v) is 3.59. The average molecular weight is 254 g/mol.